The van der Waals surface area contributed by atoms with Gasteiger partial charge in [0.1, 0.15) is 0 Å². The van der Waals surface area contributed by atoms with Crippen LogP contribution in [0.5, 0.6) is 0 Å². The highest BCUT2D eigenvalue weighted by Crippen LogP contribution is 2.25. The van der Waals surface area contributed by atoms with Crippen molar-refractivity contribution in [3.8, 4) is 10.8 Å². The molecule has 0 saturated carbocycles. The molecule has 25 heavy (non-hydrogen) atoms. The van der Waals surface area contributed by atoms with E-state index in [1.807, 2.05) is 24.4 Å². The van der Waals surface area contributed by atoms with Crippen LogP contribution in [0.1, 0.15) is 19.2 Å². The molecule has 0 fully saturated rings. The lowest BCUT2D eigenvalue weighted by atomic mass is 10.4. The third kappa shape index (κ3) is 4.17. The van der Waals surface area contributed by atoms with Crippen LogP contribution in [0.15, 0.2) is 55.6 Å². The van der Waals surface area contributed by atoms with Crippen molar-refractivity contribution in [2.24, 2.45) is 0 Å². The Morgan fingerprint density at radius 1 is 1.24 bits per heavy atom. The van der Waals surface area contributed by atoms with Crippen molar-refractivity contribution >= 4 is 37.3 Å². The minimum absolute atomic E-state index is 0.0427. The highest BCUT2D eigenvalue weighted by molar-refractivity contribution is 9.10. The second kappa shape index (κ2) is 7.77. The molecule has 0 N–H and O–H groups in total. The average Bonchev–Trinajstić information content (AvgIpc) is 3.25. The Balaban J connectivity index is 1.86. The summed E-state index contributed by atoms with van der Waals surface area (Å²) in [4.78, 5) is 1.09. The molecular formula is C16H16BrN3O3S2. The predicted octanol–water partition coefficient (Wildman–Crippen LogP) is 4.16. The first-order chi connectivity index (χ1) is 12.0. The zero-order chi connectivity index (χ0) is 17.9. The van der Waals surface area contributed by atoms with E-state index in [1.54, 1.807) is 24.3 Å². The summed E-state index contributed by atoms with van der Waals surface area (Å²) in [7, 11) is -3.65. The Morgan fingerprint density at radius 2 is 2.08 bits per heavy atom. The van der Waals surface area contributed by atoms with Gasteiger partial charge in [0.2, 0.25) is 15.9 Å². The number of halogens is 1. The maximum atomic E-state index is 12.9. The largest absolute Gasteiger partial charge is 0.418 e. The molecule has 9 heteroatoms. The summed E-state index contributed by atoms with van der Waals surface area (Å²) >= 11 is 4.80. The van der Waals surface area contributed by atoms with Gasteiger partial charge in [-0.05, 0) is 36.1 Å². The Kier molecular flexibility index (Phi) is 5.67. The maximum Gasteiger partial charge on any atom is 0.257 e. The zero-order valence-electron chi connectivity index (χ0n) is 13.4. The smallest absolute Gasteiger partial charge is 0.257 e. The predicted molar refractivity (Wildman–Crippen MR) is 99.6 cm³/mol. The van der Waals surface area contributed by atoms with Gasteiger partial charge in [-0.3, -0.25) is 0 Å². The van der Waals surface area contributed by atoms with E-state index in [-0.39, 0.29) is 17.3 Å². The van der Waals surface area contributed by atoms with Crippen LogP contribution in [0.25, 0.3) is 10.8 Å². The zero-order valence-corrected chi connectivity index (χ0v) is 16.6. The molecule has 0 radical (unpaired) electrons. The summed E-state index contributed by atoms with van der Waals surface area (Å²) in [5, 5.41) is 9.92. The van der Waals surface area contributed by atoms with Crippen LogP contribution in [-0.2, 0) is 16.6 Å². The molecule has 132 valence electrons. The fourth-order valence-electron chi connectivity index (χ4n) is 2.28. The number of thiophene rings is 1. The van der Waals surface area contributed by atoms with Crippen molar-refractivity contribution in [3.63, 3.8) is 0 Å². The van der Waals surface area contributed by atoms with Crippen molar-refractivity contribution in [2.75, 3.05) is 6.54 Å². The van der Waals surface area contributed by atoms with E-state index in [4.69, 9.17) is 4.42 Å². The molecule has 3 rings (SSSR count). The second-order valence-corrected chi connectivity index (χ2v) is 9.08. The second-order valence-electron chi connectivity index (χ2n) is 5.27. The monoisotopic (exact) mass is 441 g/mol. The molecule has 2 aromatic heterocycles. The molecule has 0 atom stereocenters. The van der Waals surface area contributed by atoms with Crippen LogP contribution in [0.2, 0.25) is 0 Å². The van der Waals surface area contributed by atoms with E-state index in [2.05, 4.69) is 26.1 Å². The number of hydrogen-bond acceptors (Lipinski definition) is 6. The Bertz CT molecular complexity index is 939. The lowest BCUT2D eigenvalue weighted by Gasteiger charge is -2.20. The quantitative estimate of drug-likeness (QED) is 0.549. The average molecular weight is 442 g/mol. The van der Waals surface area contributed by atoms with Gasteiger partial charge in [0.05, 0.1) is 16.3 Å². The molecule has 0 unspecified atom stereocenters. The molecule has 0 bridgehead atoms. The number of aromatic nitrogens is 2. The highest BCUT2D eigenvalue weighted by Gasteiger charge is 2.26. The topological polar surface area (TPSA) is 76.3 Å². The van der Waals surface area contributed by atoms with Crippen molar-refractivity contribution in [2.45, 2.75) is 24.8 Å². The molecule has 3 aromatic rings. The standard InChI is InChI=1S/C16H16BrN3O3S2/c1-2-8-20(25(21,22)13-6-3-5-12(17)10-13)11-15-18-19-16(23-15)14-7-4-9-24-14/h3-7,9-10H,2,8,11H2,1H3. The number of sulfonamides is 1. The number of hydrogen-bond donors (Lipinski definition) is 0. The number of nitrogens with zero attached hydrogens (tertiary/aromatic N) is 3. The Hall–Kier alpha value is -1.55. The summed E-state index contributed by atoms with van der Waals surface area (Å²) in [6.07, 6.45) is 0.680. The number of rotatable bonds is 7. The van der Waals surface area contributed by atoms with E-state index in [0.717, 1.165) is 4.88 Å². The van der Waals surface area contributed by atoms with Crippen molar-refractivity contribution < 1.29 is 12.8 Å². The molecule has 0 aliphatic rings. The lowest BCUT2D eigenvalue weighted by molar-refractivity contribution is 0.357. The van der Waals surface area contributed by atoms with Gasteiger partial charge in [-0.15, -0.1) is 21.5 Å². The molecule has 1 aromatic carbocycles. The van der Waals surface area contributed by atoms with Crippen molar-refractivity contribution in [3.05, 3.63) is 52.1 Å². The van der Waals surface area contributed by atoms with Gasteiger partial charge in [0, 0.05) is 11.0 Å². The van der Waals surface area contributed by atoms with E-state index in [1.165, 1.54) is 15.6 Å². The van der Waals surface area contributed by atoms with Gasteiger partial charge < -0.3 is 4.42 Å². The molecule has 6 nitrogen and oxygen atoms in total. The third-order valence-corrected chi connectivity index (χ3v) is 6.61. The van der Waals surface area contributed by atoms with Crippen molar-refractivity contribution in [1.82, 2.24) is 14.5 Å². The summed E-state index contributed by atoms with van der Waals surface area (Å²) < 4.78 is 33.6. The third-order valence-electron chi connectivity index (χ3n) is 3.42. The molecule has 2 heterocycles. The van der Waals surface area contributed by atoms with Crippen LogP contribution < -0.4 is 0 Å². The summed E-state index contributed by atoms with van der Waals surface area (Å²) in [5.41, 5.74) is 0. The molecular weight excluding hydrogens is 426 g/mol. The fraction of sp³-hybridized carbons (Fsp3) is 0.250. The SMILES string of the molecule is CCCN(Cc1nnc(-c2cccs2)o1)S(=O)(=O)c1cccc(Br)c1. The van der Waals surface area contributed by atoms with E-state index < -0.39 is 10.0 Å². The van der Waals surface area contributed by atoms with Gasteiger partial charge in [-0.2, -0.15) is 4.31 Å². The number of benzene rings is 1. The summed E-state index contributed by atoms with van der Waals surface area (Å²) in [6, 6.07) is 10.4. The molecule has 0 saturated heterocycles. The first kappa shape index (κ1) is 18.2. The minimum Gasteiger partial charge on any atom is -0.418 e. The van der Waals surface area contributed by atoms with Crippen LogP contribution in [-0.4, -0.2) is 29.5 Å². The van der Waals surface area contributed by atoms with Crippen LogP contribution in [0.3, 0.4) is 0 Å². The summed E-state index contributed by atoms with van der Waals surface area (Å²) in [5.74, 6) is 0.678. The Morgan fingerprint density at radius 3 is 2.76 bits per heavy atom. The van der Waals surface area contributed by atoms with Gasteiger partial charge >= 0.3 is 0 Å². The minimum atomic E-state index is -3.65. The first-order valence-electron chi connectivity index (χ1n) is 7.62. The lowest BCUT2D eigenvalue weighted by Crippen LogP contribution is -2.31. The molecule has 0 aliphatic carbocycles. The van der Waals surface area contributed by atoms with Crippen molar-refractivity contribution in [1.29, 1.82) is 0 Å². The Labute approximate surface area is 158 Å². The van der Waals surface area contributed by atoms with Gasteiger partial charge in [-0.1, -0.05) is 35.0 Å². The normalized spacial score (nSPS) is 12.0. The van der Waals surface area contributed by atoms with Crippen LogP contribution in [0.4, 0.5) is 0 Å². The fourth-order valence-corrected chi connectivity index (χ4v) is 5.00. The maximum absolute atomic E-state index is 12.9. The van der Waals surface area contributed by atoms with Gasteiger partial charge in [-0.25, -0.2) is 8.42 Å². The molecule has 0 aliphatic heterocycles. The summed E-state index contributed by atoms with van der Waals surface area (Å²) in [6.45, 7) is 2.33. The van der Waals surface area contributed by atoms with Crippen LogP contribution >= 0.6 is 27.3 Å². The van der Waals surface area contributed by atoms with Crippen LogP contribution in [0, 0.1) is 0 Å². The van der Waals surface area contributed by atoms with E-state index in [9.17, 15) is 8.42 Å². The van der Waals surface area contributed by atoms with E-state index in [0.29, 0.717) is 23.3 Å². The van der Waals surface area contributed by atoms with E-state index >= 15 is 0 Å². The van der Waals surface area contributed by atoms with Gasteiger partial charge in [0.25, 0.3) is 5.89 Å². The van der Waals surface area contributed by atoms with Gasteiger partial charge in [0.15, 0.2) is 0 Å². The highest BCUT2D eigenvalue weighted by atomic mass is 79.9. The molecule has 0 amide bonds. The first-order valence-corrected chi connectivity index (χ1v) is 10.7. The molecule has 0 spiro atoms.